The number of hydrogen-bond donors (Lipinski definition) is 1. The number of hydrogen-bond acceptors (Lipinski definition) is 2. The van der Waals surface area contributed by atoms with E-state index in [1.54, 1.807) is 12.1 Å². The molecule has 0 aromatic heterocycles. The van der Waals surface area contributed by atoms with Gasteiger partial charge >= 0.3 is 0 Å². The van der Waals surface area contributed by atoms with Gasteiger partial charge in [0.05, 0.1) is 6.04 Å². The van der Waals surface area contributed by atoms with Crippen molar-refractivity contribution < 1.29 is 9.18 Å². The maximum Gasteiger partial charge on any atom is 0.240 e. The predicted octanol–water partition coefficient (Wildman–Crippen LogP) is 1.46. The van der Waals surface area contributed by atoms with E-state index in [2.05, 4.69) is 5.32 Å². The Morgan fingerprint density at radius 3 is 3.06 bits per heavy atom. The SMILES string of the molecule is O=C([C@@H]1CCCN1)N1CCc2cc(F)ccc2C1. The molecule has 3 nitrogen and oxygen atoms in total. The van der Waals surface area contributed by atoms with Crippen LogP contribution in [-0.4, -0.2) is 29.9 Å². The minimum absolute atomic E-state index is 0.00741. The van der Waals surface area contributed by atoms with Crippen molar-refractivity contribution in [3.8, 4) is 0 Å². The van der Waals surface area contributed by atoms with Crippen LogP contribution in [-0.2, 0) is 17.8 Å². The van der Waals surface area contributed by atoms with E-state index in [-0.39, 0.29) is 17.8 Å². The minimum atomic E-state index is -0.189. The average Bonchev–Trinajstić information content (AvgIpc) is 2.91. The molecule has 0 aliphatic carbocycles. The monoisotopic (exact) mass is 248 g/mol. The molecule has 1 aromatic carbocycles. The van der Waals surface area contributed by atoms with Crippen molar-refractivity contribution >= 4 is 5.91 Å². The van der Waals surface area contributed by atoms with Gasteiger partial charge in [0.15, 0.2) is 0 Å². The Morgan fingerprint density at radius 1 is 1.39 bits per heavy atom. The Labute approximate surface area is 106 Å². The smallest absolute Gasteiger partial charge is 0.240 e. The molecule has 3 rings (SSSR count). The van der Waals surface area contributed by atoms with Crippen molar-refractivity contribution in [3.05, 3.63) is 35.1 Å². The fraction of sp³-hybridized carbons (Fsp3) is 0.500. The molecule has 1 aromatic rings. The quantitative estimate of drug-likeness (QED) is 0.816. The van der Waals surface area contributed by atoms with Gasteiger partial charge in [-0.05, 0) is 49.1 Å². The van der Waals surface area contributed by atoms with Gasteiger partial charge < -0.3 is 10.2 Å². The summed E-state index contributed by atoms with van der Waals surface area (Å²) >= 11 is 0. The third kappa shape index (κ3) is 2.12. The van der Waals surface area contributed by atoms with Crippen molar-refractivity contribution in [2.75, 3.05) is 13.1 Å². The summed E-state index contributed by atoms with van der Waals surface area (Å²) < 4.78 is 13.1. The van der Waals surface area contributed by atoms with E-state index in [9.17, 15) is 9.18 Å². The molecule has 0 spiro atoms. The normalized spacial score (nSPS) is 22.9. The van der Waals surface area contributed by atoms with Crippen LogP contribution in [0.3, 0.4) is 0 Å². The summed E-state index contributed by atoms with van der Waals surface area (Å²) in [5.41, 5.74) is 2.12. The molecule has 1 amide bonds. The summed E-state index contributed by atoms with van der Waals surface area (Å²) in [5, 5.41) is 3.24. The highest BCUT2D eigenvalue weighted by Gasteiger charge is 2.28. The van der Waals surface area contributed by atoms with Crippen LogP contribution in [0.2, 0.25) is 0 Å². The van der Waals surface area contributed by atoms with Gasteiger partial charge in [-0.15, -0.1) is 0 Å². The molecule has 1 saturated heterocycles. The zero-order valence-corrected chi connectivity index (χ0v) is 10.3. The maximum absolute atomic E-state index is 13.1. The second-order valence-electron chi connectivity index (χ2n) is 5.07. The standard InChI is InChI=1S/C14H17FN2O/c15-12-4-3-11-9-17(7-5-10(11)8-12)14(18)13-2-1-6-16-13/h3-4,8,13,16H,1-2,5-7,9H2/t13-/m0/s1. The van der Waals surface area contributed by atoms with Crippen molar-refractivity contribution in [2.24, 2.45) is 0 Å². The van der Waals surface area contributed by atoms with Crippen LogP contribution in [0.4, 0.5) is 4.39 Å². The molecule has 2 aliphatic rings. The molecule has 0 radical (unpaired) electrons. The molecule has 18 heavy (non-hydrogen) atoms. The molecule has 4 heteroatoms. The van der Waals surface area contributed by atoms with E-state index in [0.717, 1.165) is 36.9 Å². The van der Waals surface area contributed by atoms with Crippen molar-refractivity contribution in [2.45, 2.75) is 31.8 Å². The molecule has 0 saturated carbocycles. The van der Waals surface area contributed by atoms with Crippen LogP contribution in [0.5, 0.6) is 0 Å². The highest BCUT2D eigenvalue weighted by Crippen LogP contribution is 2.21. The maximum atomic E-state index is 13.1. The van der Waals surface area contributed by atoms with Crippen LogP contribution < -0.4 is 5.32 Å². The van der Waals surface area contributed by atoms with Gasteiger partial charge in [0, 0.05) is 13.1 Å². The van der Waals surface area contributed by atoms with Gasteiger partial charge in [-0.3, -0.25) is 4.79 Å². The van der Waals surface area contributed by atoms with Gasteiger partial charge in [-0.25, -0.2) is 4.39 Å². The van der Waals surface area contributed by atoms with Crippen molar-refractivity contribution in [3.63, 3.8) is 0 Å². The Hall–Kier alpha value is -1.42. The van der Waals surface area contributed by atoms with E-state index < -0.39 is 0 Å². The fourth-order valence-electron chi connectivity index (χ4n) is 2.83. The molecular formula is C14H17FN2O. The molecule has 0 unspecified atom stereocenters. The lowest BCUT2D eigenvalue weighted by Crippen LogP contribution is -2.45. The van der Waals surface area contributed by atoms with Gasteiger partial charge in [0.1, 0.15) is 5.82 Å². The number of amides is 1. The summed E-state index contributed by atoms with van der Waals surface area (Å²) in [6.45, 7) is 2.26. The summed E-state index contributed by atoms with van der Waals surface area (Å²) in [5.74, 6) is 0.00783. The van der Waals surface area contributed by atoms with Gasteiger partial charge in [-0.1, -0.05) is 6.07 Å². The van der Waals surface area contributed by atoms with E-state index >= 15 is 0 Å². The number of fused-ring (bicyclic) bond motifs is 1. The van der Waals surface area contributed by atoms with E-state index in [1.807, 2.05) is 4.90 Å². The number of nitrogens with one attached hydrogen (secondary N) is 1. The Morgan fingerprint density at radius 2 is 2.28 bits per heavy atom. The zero-order valence-electron chi connectivity index (χ0n) is 10.3. The topological polar surface area (TPSA) is 32.3 Å². The molecule has 0 bridgehead atoms. The second-order valence-corrected chi connectivity index (χ2v) is 5.07. The molecule has 2 heterocycles. The largest absolute Gasteiger partial charge is 0.337 e. The number of benzene rings is 1. The first kappa shape index (κ1) is 11.7. The molecule has 1 fully saturated rings. The van der Waals surface area contributed by atoms with Crippen LogP contribution in [0.15, 0.2) is 18.2 Å². The number of carbonyl (C=O) groups excluding carboxylic acids is 1. The summed E-state index contributed by atoms with van der Waals surface area (Å²) in [6, 6.07) is 4.85. The van der Waals surface area contributed by atoms with Crippen molar-refractivity contribution in [1.29, 1.82) is 0 Å². The van der Waals surface area contributed by atoms with E-state index in [0.29, 0.717) is 13.1 Å². The number of rotatable bonds is 1. The Bertz CT molecular complexity index is 469. The van der Waals surface area contributed by atoms with Crippen LogP contribution in [0.25, 0.3) is 0 Å². The zero-order chi connectivity index (χ0) is 12.5. The van der Waals surface area contributed by atoms with E-state index in [1.165, 1.54) is 6.07 Å². The van der Waals surface area contributed by atoms with Crippen LogP contribution in [0.1, 0.15) is 24.0 Å². The molecule has 1 N–H and O–H groups in total. The minimum Gasteiger partial charge on any atom is -0.337 e. The first-order valence-electron chi connectivity index (χ1n) is 6.53. The van der Waals surface area contributed by atoms with Gasteiger partial charge in [0.2, 0.25) is 5.91 Å². The highest BCUT2D eigenvalue weighted by atomic mass is 19.1. The van der Waals surface area contributed by atoms with Gasteiger partial charge in [-0.2, -0.15) is 0 Å². The molecule has 1 atom stereocenters. The van der Waals surface area contributed by atoms with Crippen LogP contribution in [0, 0.1) is 5.82 Å². The third-order valence-electron chi connectivity index (χ3n) is 3.85. The lowest BCUT2D eigenvalue weighted by Gasteiger charge is -2.30. The summed E-state index contributed by atoms with van der Waals surface area (Å²) in [6.07, 6.45) is 2.77. The first-order chi connectivity index (χ1) is 8.74. The number of carbonyl (C=O) groups is 1. The molecule has 2 aliphatic heterocycles. The highest BCUT2D eigenvalue weighted by molar-refractivity contribution is 5.82. The predicted molar refractivity (Wildman–Crippen MR) is 66.5 cm³/mol. The Balaban J connectivity index is 1.74. The Kier molecular flexibility index (Phi) is 3.04. The molecule has 96 valence electrons. The van der Waals surface area contributed by atoms with E-state index in [4.69, 9.17) is 0 Å². The average molecular weight is 248 g/mol. The molecular weight excluding hydrogens is 231 g/mol. The van der Waals surface area contributed by atoms with Gasteiger partial charge in [0.25, 0.3) is 0 Å². The van der Waals surface area contributed by atoms with Crippen molar-refractivity contribution in [1.82, 2.24) is 10.2 Å². The third-order valence-corrected chi connectivity index (χ3v) is 3.85. The number of halogens is 1. The lowest BCUT2D eigenvalue weighted by molar-refractivity contribution is -0.134. The number of nitrogens with zero attached hydrogens (tertiary/aromatic N) is 1. The summed E-state index contributed by atoms with van der Waals surface area (Å²) in [7, 11) is 0. The lowest BCUT2D eigenvalue weighted by atomic mass is 9.99. The first-order valence-corrected chi connectivity index (χ1v) is 6.53. The second kappa shape index (κ2) is 4.69. The fourth-order valence-corrected chi connectivity index (χ4v) is 2.83. The van der Waals surface area contributed by atoms with Crippen LogP contribution >= 0.6 is 0 Å². The summed E-state index contributed by atoms with van der Waals surface area (Å²) in [4.78, 5) is 14.2.